The number of hydrogen-bond acceptors (Lipinski definition) is 0. The van der Waals surface area contributed by atoms with Crippen molar-refractivity contribution in [2.45, 2.75) is 0 Å². The van der Waals surface area contributed by atoms with Gasteiger partial charge in [-0.3, -0.25) is 0 Å². The van der Waals surface area contributed by atoms with E-state index in [0.717, 1.165) is 0 Å². The molecule has 0 aliphatic rings. The molecule has 0 atom stereocenters. The Morgan fingerprint density at radius 3 is 1.00 bits per heavy atom. The Morgan fingerprint density at radius 2 is 1.00 bits per heavy atom. The SMILES string of the molecule is F[C-](F)F.O.[Cs+]. The number of hydrogen-bond donors (Lipinski definition) is 0. The van der Waals surface area contributed by atoms with E-state index in [4.69, 9.17) is 0 Å². The molecule has 0 spiro atoms. The van der Waals surface area contributed by atoms with Crippen LogP contribution in [-0.4, -0.2) is 5.48 Å². The quantitative estimate of drug-likeness (QED) is 0.405. The maximum absolute atomic E-state index is 9.58. The monoisotopic (exact) mass is 220 g/mol. The van der Waals surface area contributed by atoms with Crippen molar-refractivity contribution in [3.8, 4) is 0 Å². The first-order valence-electron chi connectivity index (χ1n) is 0.567. The van der Waals surface area contributed by atoms with Crippen LogP contribution in [0.1, 0.15) is 0 Å². The van der Waals surface area contributed by atoms with Gasteiger partial charge in [0, 0.05) is 0 Å². The minimum atomic E-state index is -3.08. The predicted molar refractivity (Wildman–Crippen MR) is 10.2 cm³/mol. The summed E-state index contributed by atoms with van der Waals surface area (Å²) in [6, 6.07) is 0. The van der Waals surface area contributed by atoms with Gasteiger partial charge in [0.05, 0.1) is 0 Å². The van der Waals surface area contributed by atoms with Crippen molar-refractivity contribution >= 4 is 0 Å². The van der Waals surface area contributed by atoms with Gasteiger partial charge in [0.2, 0.25) is 0 Å². The van der Waals surface area contributed by atoms with Crippen molar-refractivity contribution in [1.82, 2.24) is 0 Å². The van der Waals surface area contributed by atoms with E-state index in [9.17, 15) is 13.2 Å². The van der Waals surface area contributed by atoms with E-state index in [1.807, 2.05) is 0 Å². The minimum Gasteiger partial charge on any atom is -0.412 e. The van der Waals surface area contributed by atoms with Crippen molar-refractivity contribution in [1.29, 1.82) is 0 Å². The van der Waals surface area contributed by atoms with Crippen LogP contribution < -0.4 is 68.9 Å². The van der Waals surface area contributed by atoms with E-state index in [2.05, 4.69) is 0 Å². The molecule has 0 heterocycles. The van der Waals surface area contributed by atoms with Crippen LogP contribution in [0.25, 0.3) is 0 Å². The van der Waals surface area contributed by atoms with E-state index in [1.165, 1.54) is 0 Å². The molecule has 0 aromatic carbocycles. The summed E-state index contributed by atoms with van der Waals surface area (Å²) in [4.78, 5) is 0. The Kier molecular flexibility index (Phi) is 25.9. The molecule has 0 amide bonds. The summed E-state index contributed by atoms with van der Waals surface area (Å²) in [5.74, 6) is 0. The van der Waals surface area contributed by atoms with Crippen molar-refractivity contribution in [2.75, 3.05) is 0 Å². The smallest absolute Gasteiger partial charge is 0.412 e. The van der Waals surface area contributed by atoms with Crippen LogP contribution in [0, 0.1) is 6.68 Å². The first-order valence-corrected chi connectivity index (χ1v) is 0.567. The molecule has 0 aromatic heterocycles. The first-order chi connectivity index (χ1) is 1.73. The van der Waals surface area contributed by atoms with Crippen molar-refractivity contribution in [3.63, 3.8) is 0 Å². The summed E-state index contributed by atoms with van der Waals surface area (Å²) in [5.41, 5.74) is 0. The van der Waals surface area contributed by atoms with Crippen molar-refractivity contribution in [2.24, 2.45) is 0 Å². The predicted octanol–water partition coefficient (Wildman–Crippen LogP) is -2.48. The third-order valence-electron chi connectivity index (χ3n) is 0. The molecule has 2 N–H and O–H groups in total. The Balaban J connectivity index is -0.0000000450. The molecule has 6 heavy (non-hydrogen) atoms. The van der Waals surface area contributed by atoms with Gasteiger partial charge in [-0.05, 0) is 0 Å². The van der Waals surface area contributed by atoms with Crippen LogP contribution in [0.4, 0.5) is 13.2 Å². The van der Waals surface area contributed by atoms with Gasteiger partial charge >= 0.3 is 68.9 Å². The Labute approximate surface area is 92.0 Å². The molecule has 1 nitrogen and oxygen atoms in total. The van der Waals surface area contributed by atoms with Crippen LogP contribution in [-0.2, 0) is 0 Å². The fourth-order valence-corrected chi connectivity index (χ4v) is 0. The molecule has 0 radical (unpaired) electrons. The molecule has 0 aromatic rings. The Bertz CT molecular complexity index is 15.5. The molecular weight excluding hydrogens is 218 g/mol. The molecule has 0 unspecified atom stereocenters. The molecule has 0 aliphatic carbocycles. The molecule has 34 valence electrons. The topological polar surface area (TPSA) is 31.5 Å². The molecule has 0 aliphatic heterocycles. The van der Waals surface area contributed by atoms with E-state index in [-0.39, 0.29) is 74.4 Å². The summed E-state index contributed by atoms with van der Waals surface area (Å²) in [6.07, 6.45) is 0. The third kappa shape index (κ3) is 41.2. The van der Waals surface area contributed by atoms with Gasteiger partial charge in [0.15, 0.2) is 6.68 Å². The van der Waals surface area contributed by atoms with Crippen LogP contribution in [0.3, 0.4) is 0 Å². The van der Waals surface area contributed by atoms with Gasteiger partial charge in [-0.15, -0.1) is 0 Å². The molecule has 0 fully saturated rings. The van der Waals surface area contributed by atoms with Crippen LogP contribution in [0.5, 0.6) is 0 Å². The van der Waals surface area contributed by atoms with Crippen LogP contribution in [0.2, 0.25) is 0 Å². The molecule has 0 saturated heterocycles. The van der Waals surface area contributed by atoms with Crippen molar-refractivity contribution < 1.29 is 87.5 Å². The zero-order valence-corrected chi connectivity index (χ0v) is 9.41. The summed E-state index contributed by atoms with van der Waals surface area (Å²) in [5, 5.41) is 0. The summed E-state index contributed by atoms with van der Waals surface area (Å²) in [6.45, 7) is -3.08. The van der Waals surface area contributed by atoms with Crippen LogP contribution >= 0.6 is 0 Å². The van der Waals surface area contributed by atoms with Crippen LogP contribution in [0.15, 0.2) is 0 Å². The third-order valence-corrected chi connectivity index (χ3v) is 0. The maximum Gasteiger partial charge on any atom is 1.00 e. The van der Waals surface area contributed by atoms with E-state index in [0.29, 0.717) is 0 Å². The van der Waals surface area contributed by atoms with Crippen molar-refractivity contribution in [3.05, 3.63) is 6.68 Å². The standard InChI is InChI=1S/CF3.Cs.H2O/c2-1(3)4;;/h;;1H2/q-1;+1;. The molecule has 5 heteroatoms. The van der Waals surface area contributed by atoms with Gasteiger partial charge in [-0.2, -0.15) is 0 Å². The average Bonchev–Trinajstić information content (AvgIpc) is 0.811. The summed E-state index contributed by atoms with van der Waals surface area (Å²) < 4.78 is 28.8. The van der Waals surface area contributed by atoms with Gasteiger partial charge in [-0.25, -0.2) is 0 Å². The second-order valence-electron chi connectivity index (χ2n) is 0.214. The van der Waals surface area contributed by atoms with Gasteiger partial charge < -0.3 is 18.6 Å². The molecular formula is CH2CsF3O. The van der Waals surface area contributed by atoms with Gasteiger partial charge in [0.1, 0.15) is 0 Å². The van der Waals surface area contributed by atoms with E-state index >= 15 is 0 Å². The Morgan fingerprint density at radius 1 is 1.00 bits per heavy atom. The van der Waals surface area contributed by atoms with Gasteiger partial charge in [0.25, 0.3) is 0 Å². The average molecular weight is 220 g/mol. The van der Waals surface area contributed by atoms with E-state index in [1.54, 1.807) is 0 Å². The minimum absolute atomic E-state index is 0. The fourth-order valence-electron chi connectivity index (χ4n) is 0. The zero-order valence-electron chi connectivity index (χ0n) is 3.13. The zero-order chi connectivity index (χ0) is 3.58. The normalized spacial score (nSPS) is 6.00. The number of halogens is 3. The summed E-state index contributed by atoms with van der Waals surface area (Å²) >= 11 is 0. The largest absolute Gasteiger partial charge is 1.00 e. The molecule has 0 rings (SSSR count). The van der Waals surface area contributed by atoms with Gasteiger partial charge in [-0.1, -0.05) is 0 Å². The Hall–Kier alpha value is 1.80. The second kappa shape index (κ2) is 9.93. The first kappa shape index (κ1) is 15.7. The van der Waals surface area contributed by atoms with E-state index < -0.39 is 6.68 Å². The summed E-state index contributed by atoms with van der Waals surface area (Å²) in [7, 11) is 0. The molecule has 0 saturated carbocycles. The molecule has 0 bridgehead atoms. The number of rotatable bonds is 0. The fraction of sp³-hybridized carbons (Fsp3) is 0. The maximum atomic E-state index is 9.58. The second-order valence-corrected chi connectivity index (χ2v) is 0.214.